The van der Waals surface area contributed by atoms with Crippen LogP contribution in [0.4, 0.5) is 5.69 Å². The van der Waals surface area contributed by atoms with E-state index in [2.05, 4.69) is 27.5 Å². The maximum absolute atomic E-state index is 10.6. The van der Waals surface area contributed by atoms with Crippen LogP contribution >= 0.6 is 11.8 Å². The van der Waals surface area contributed by atoms with Gasteiger partial charge in [0.05, 0.1) is 6.34 Å². The summed E-state index contributed by atoms with van der Waals surface area (Å²) in [6.45, 7) is 2.93. The summed E-state index contributed by atoms with van der Waals surface area (Å²) in [5.41, 5.74) is 3.34. The minimum absolute atomic E-state index is 0.804. The van der Waals surface area contributed by atoms with Gasteiger partial charge < -0.3 is 15.5 Å². The number of pyridine rings is 1. The molecular weight excluding hydrogens is 346 g/mol. The van der Waals surface area contributed by atoms with Gasteiger partial charge in [-0.2, -0.15) is 0 Å². The van der Waals surface area contributed by atoms with Gasteiger partial charge in [0, 0.05) is 62.1 Å². The van der Waals surface area contributed by atoms with Crippen LogP contribution < -0.4 is 15.5 Å². The van der Waals surface area contributed by atoms with Crippen LogP contribution in [-0.4, -0.2) is 51.0 Å². The molecule has 0 atom stereocenters. The summed E-state index contributed by atoms with van der Waals surface area (Å²) in [6.07, 6.45) is 12.0. The topological polar surface area (TPSA) is 69.6 Å². The molecule has 2 heterocycles. The zero-order valence-corrected chi connectivity index (χ0v) is 16.6. The van der Waals surface area contributed by atoms with E-state index in [1.165, 1.54) is 5.57 Å². The number of carbonyl (C=O) groups excluding carboxylic acids is 1. The summed E-state index contributed by atoms with van der Waals surface area (Å²) in [4.78, 5) is 21.1. The highest BCUT2D eigenvalue weighted by Crippen LogP contribution is 2.28. The van der Waals surface area contributed by atoms with Gasteiger partial charge >= 0.3 is 0 Å². The van der Waals surface area contributed by atoms with Gasteiger partial charge in [0.15, 0.2) is 6.29 Å². The van der Waals surface area contributed by atoms with E-state index in [0.29, 0.717) is 0 Å². The van der Waals surface area contributed by atoms with Crippen molar-refractivity contribution >= 4 is 30.1 Å². The highest BCUT2D eigenvalue weighted by Gasteiger charge is 2.12. The number of anilines is 1. The van der Waals surface area contributed by atoms with Crippen LogP contribution in [0.25, 0.3) is 0 Å². The van der Waals surface area contributed by atoms with E-state index < -0.39 is 0 Å². The Kier molecular flexibility index (Phi) is 10.6. The molecule has 0 saturated heterocycles. The molecule has 6 nitrogen and oxygen atoms in total. The van der Waals surface area contributed by atoms with Gasteiger partial charge in [0.2, 0.25) is 0 Å². The molecule has 0 spiro atoms. The van der Waals surface area contributed by atoms with Gasteiger partial charge in [-0.15, -0.1) is 11.8 Å². The zero-order valence-electron chi connectivity index (χ0n) is 15.8. The number of nitrogens with zero attached hydrogens (tertiary/aromatic N) is 3. The number of hydrogen-bond acceptors (Lipinski definition) is 6. The SMILES string of the molecule is CCNC(/C=C\NC)=C1\C=C(C=O)SC1.CN=CN(C)c1ccncc1. The predicted octanol–water partition coefficient (Wildman–Crippen LogP) is 2.59. The Morgan fingerprint density at radius 2 is 2.15 bits per heavy atom. The number of hydrogen-bond donors (Lipinski definition) is 2. The van der Waals surface area contributed by atoms with Crippen LogP contribution in [0.2, 0.25) is 0 Å². The minimum atomic E-state index is 0.804. The summed E-state index contributed by atoms with van der Waals surface area (Å²) < 4.78 is 0. The van der Waals surface area contributed by atoms with Crippen LogP contribution in [0.15, 0.2) is 64.0 Å². The van der Waals surface area contributed by atoms with E-state index >= 15 is 0 Å². The number of allylic oxidation sites excluding steroid dienone is 3. The molecule has 1 aromatic heterocycles. The fourth-order valence-corrected chi connectivity index (χ4v) is 2.95. The van der Waals surface area contributed by atoms with Gasteiger partial charge in [0.25, 0.3) is 0 Å². The summed E-state index contributed by atoms with van der Waals surface area (Å²) in [5.74, 6) is 0.866. The van der Waals surface area contributed by atoms with Crippen molar-refractivity contribution in [3.05, 3.63) is 59.1 Å². The van der Waals surface area contributed by atoms with E-state index in [-0.39, 0.29) is 0 Å². The van der Waals surface area contributed by atoms with Gasteiger partial charge in [-0.1, -0.05) is 0 Å². The van der Waals surface area contributed by atoms with E-state index in [9.17, 15) is 4.79 Å². The molecule has 0 fully saturated rings. The molecule has 7 heteroatoms. The molecule has 0 aromatic carbocycles. The standard InChI is InChI=1S/C11H16N2OS.C8H11N3/c1-3-13-11(4-5-12-2)9-6-10(7-14)15-8-9;1-9-7-11(2)8-3-5-10-6-4-8/h4-7,12-13H,3,8H2,1-2H3;3-7H,1-2H3/b5-4-,11-9+;. The third-order valence-electron chi connectivity index (χ3n) is 3.32. The minimum Gasteiger partial charge on any atom is -0.394 e. The lowest BCUT2D eigenvalue weighted by molar-refractivity contribution is -0.104. The van der Waals surface area contributed by atoms with E-state index in [0.717, 1.165) is 34.9 Å². The van der Waals surface area contributed by atoms with Crippen molar-refractivity contribution in [2.24, 2.45) is 4.99 Å². The molecule has 0 aliphatic carbocycles. The van der Waals surface area contributed by atoms with Crippen LogP contribution in [0.5, 0.6) is 0 Å². The molecule has 0 unspecified atom stereocenters. The summed E-state index contributed by atoms with van der Waals surface area (Å²) in [5, 5.41) is 6.24. The van der Waals surface area contributed by atoms with Crippen molar-refractivity contribution in [1.29, 1.82) is 0 Å². The van der Waals surface area contributed by atoms with Crippen LogP contribution in [0.3, 0.4) is 0 Å². The molecular formula is C19H27N5OS. The molecule has 1 aliphatic heterocycles. The Labute approximate surface area is 160 Å². The monoisotopic (exact) mass is 373 g/mol. The predicted molar refractivity (Wildman–Crippen MR) is 113 cm³/mol. The lowest BCUT2D eigenvalue weighted by atomic mass is 10.2. The molecule has 0 saturated carbocycles. The Morgan fingerprint density at radius 1 is 1.42 bits per heavy atom. The van der Waals surface area contributed by atoms with Crippen LogP contribution in [-0.2, 0) is 4.79 Å². The van der Waals surface area contributed by atoms with Crippen molar-refractivity contribution in [2.45, 2.75) is 6.92 Å². The second kappa shape index (κ2) is 12.8. The Hall–Kier alpha value is -2.54. The largest absolute Gasteiger partial charge is 0.394 e. The highest BCUT2D eigenvalue weighted by atomic mass is 32.2. The number of likely N-dealkylation sites (N-methyl/N-ethyl adjacent to an activating group) is 1. The van der Waals surface area contributed by atoms with E-state index in [1.54, 1.807) is 37.5 Å². The summed E-state index contributed by atoms with van der Waals surface area (Å²) in [6, 6.07) is 3.86. The second-order valence-electron chi connectivity index (χ2n) is 5.23. The van der Waals surface area contributed by atoms with Gasteiger partial charge in [-0.3, -0.25) is 14.8 Å². The first-order valence-corrected chi connectivity index (χ1v) is 9.30. The number of rotatable bonds is 7. The molecule has 0 amide bonds. The van der Waals surface area contributed by atoms with Crippen molar-refractivity contribution < 1.29 is 4.79 Å². The maximum Gasteiger partial charge on any atom is 0.156 e. The first kappa shape index (κ1) is 21.5. The number of aromatic nitrogens is 1. The molecule has 26 heavy (non-hydrogen) atoms. The lowest BCUT2D eigenvalue weighted by Gasteiger charge is -2.11. The van der Waals surface area contributed by atoms with Gasteiger partial charge in [0.1, 0.15) is 0 Å². The highest BCUT2D eigenvalue weighted by molar-refractivity contribution is 8.04. The van der Waals surface area contributed by atoms with Crippen molar-refractivity contribution in [3.8, 4) is 0 Å². The second-order valence-corrected chi connectivity index (χ2v) is 6.28. The quantitative estimate of drug-likeness (QED) is 0.435. The van der Waals surface area contributed by atoms with Crippen molar-refractivity contribution in [2.75, 3.05) is 38.3 Å². The van der Waals surface area contributed by atoms with Gasteiger partial charge in [-0.05, 0) is 43.0 Å². The first-order valence-electron chi connectivity index (χ1n) is 8.31. The number of carbonyl (C=O) groups is 1. The van der Waals surface area contributed by atoms with Crippen molar-refractivity contribution in [1.82, 2.24) is 15.6 Å². The smallest absolute Gasteiger partial charge is 0.156 e. The number of aldehydes is 1. The average Bonchev–Trinajstić information content (AvgIpc) is 3.16. The summed E-state index contributed by atoms with van der Waals surface area (Å²) in [7, 11) is 5.56. The van der Waals surface area contributed by atoms with E-state index in [4.69, 9.17) is 0 Å². The molecule has 2 N–H and O–H groups in total. The lowest BCUT2D eigenvalue weighted by Crippen LogP contribution is -2.13. The normalized spacial score (nSPS) is 15.3. The molecule has 140 valence electrons. The summed E-state index contributed by atoms with van der Waals surface area (Å²) >= 11 is 1.58. The Morgan fingerprint density at radius 3 is 2.69 bits per heavy atom. The molecule has 1 aliphatic rings. The molecule has 0 radical (unpaired) electrons. The molecule has 0 bridgehead atoms. The number of thioether (sulfide) groups is 1. The Bertz CT molecular complexity index is 668. The molecule has 2 rings (SSSR count). The van der Waals surface area contributed by atoms with Crippen LogP contribution in [0.1, 0.15) is 6.92 Å². The third-order valence-corrected chi connectivity index (χ3v) is 4.32. The van der Waals surface area contributed by atoms with Crippen molar-refractivity contribution in [3.63, 3.8) is 0 Å². The Balaban J connectivity index is 0.000000273. The number of nitrogens with one attached hydrogen (secondary N) is 2. The molecule has 1 aromatic rings. The van der Waals surface area contributed by atoms with Crippen LogP contribution in [0, 0.1) is 0 Å². The fraction of sp³-hybridized carbons (Fsp3) is 0.316. The fourth-order valence-electron chi connectivity index (χ4n) is 2.10. The third kappa shape index (κ3) is 7.57. The first-order chi connectivity index (χ1) is 12.7. The van der Waals surface area contributed by atoms with E-state index in [1.807, 2.05) is 49.5 Å². The zero-order chi connectivity index (χ0) is 19.2. The number of aliphatic imine (C=N–C) groups is 1. The van der Waals surface area contributed by atoms with Gasteiger partial charge in [-0.25, -0.2) is 0 Å². The average molecular weight is 374 g/mol. The maximum atomic E-state index is 10.6.